The van der Waals surface area contributed by atoms with Crippen molar-refractivity contribution in [2.45, 2.75) is 70.3 Å². The van der Waals surface area contributed by atoms with E-state index in [0.717, 1.165) is 38.6 Å². The lowest BCUT2D eigenvalue weighted by Crippen LogP contribution is -2.17. The number of hydrogen-bond acceptors (Lipinski definition) is 3. The molecule has 3 nitrogen and oxygen atoms in total. The van der Waals surface area contributed by atoms with Crippen LogP contribution in [0.4, 0.5) is 0 Å². The normalized spacial score (nSPS) is 18.1. The number of esters is 1. The first-order chi connectivity index (χ1) is 7.83. The molecule has 0 heterocycles. The zero-order valence-corrected chi connectivity index (χ0v) is 10.2. The molecular formula is C13H25NO2. The summed E-state index contributed by atoms with van der Waals surface area (Å²) in [6.07, 6.45) is 10.9. The van der Waals surface area contributed by atoms with Gasteiger partial charge >= 0.3 is 5.97 Å². The second kappa shape index (κ2) is 8.57. The van der Waals surface area contributed by atoms with E-state index in [1.165, 1.54) is 25.7 Å². The van der Waals surface area contributed by atoms with Gasteiger partial charge in [-0.25, -0.2) is 0 Å². The van der Waals surface area contributed by atoms with Gasteiger partial charge in [-0.2, -0.15) is 0 Å². The number of ether oxygens (including phenoxy) is 1. The quantitative estimate of drug-likeness (QED) is 0.431. The zero-order valence-electron chi connectivity index (χ0n) is 10.2. The minimum Gasteiger partial charge on any atom is -0.462 e. The third-order valence-corrected chi connectivity index (χ3v) is 3.19. The van der Waals surface area contributed by atoms with Gasteiger partial charge in [0.15, 0.2) is 0 Å². The Labute approximate surface area is 98.7 Å². The van der Waals surface area contributed by atoms with Crippen LogP contribution in [-0.4, -0.2) is 18.6 Å². The minimum absolute atomic E-state index is 0.0103. The van der Waals surface area contributed by atoms with Gasteiger partial charge in [-0.1, -0.05) is 19.3 Å². The van der Waals surface area contributed by atoms with Crippen molar-refractivity contribution in [1.82, 2.24) is 0 Å². The van der Waals surface area contributed by atoms with Gasteiger partial charge in [-0.3, -0.25) is 4.79 Å². The van der Waals surface area contributed by atoms with Crippen LogP contribution < -0.4 is 5.73 Å². The third kappa shape index (κ3) is 6.11. The summed E-state index contributed by atoms with van der Waals surface area (Å²) in [6.45, 7) is 0.720. The number of nitrogens with two attached hydrogens (primary N) is 1. The fourth-order valence-corrected chi connectivity index (χ4v) is 2.20. The van der Waals surface area contributed by atoms with Crippen LogP contribution in [0, 0.1) is 0 Å². The number of unbranched alkanes of at least 4 members (excludes halogenated alkanes) is 2. The lowest BCUT2D eigenvalue weighted by molar-refractivity contribution is -0.149. The maximum absolute atomic E-state index is 11.5. The summed E-state index contributed by atoms with van der Waals surface area (Å²) in [5.74, 6) is -0.0103. The highest BCUT2D eigenvalue weighted by Gasteiger charge is 2.16. The van der Waals surface area contributed by atoms with Gasteiger partial charge in [-0.15, -0.1) is 0 Å². The molecule has 0 aromatic heterocycles. The number of carbonyl (C=O) groups excluding carboxylic acids is 1. The van der Waals surface area contributed by atoms with E-state index in [2.05, 4.69) is 0 Å². The van der Waals surface area contributed by atoms with Crippen molar-refractivity contribution in [3.8, 4) is 0 Å². The van der Waals surface area contributed by atoms with E-state index in [-0.39, 0.29) is 12.1 Å². The van der Waals surface area contributed by atoms with Crippen molar-refractivity contribution in [3.63, 3.8) is 0 Å². The van der Waals surface area contributed by atoms with Gasteiger partial charge in [0.2, 0.25) is 0 Å². The summed E-state index contributed by atoms with van der Waals surface area (Å²) < 4.78 is 5.48. The van der Waals surface area contributed by atoms with Gasteiger partial charge in [0.05, 0.1) is 0 Å². The molecule has 0 bridgehead atoms. The van der Waals surface area contributed by atoms with Gasteiger partial charge in [0.1, 0.15) is 6.10 Å². The van der Waals surface area contributed by atoms with Crippen LogP contribution in [0.25, 0.3) is 0 Å². The number of carbonyl (C=O) groups is 1. The molecule has 0 aromatic rings. The monoisotopic (exact) mass is 227 g/mol. The van der Waals surface area contributed by atoms with Crippen molar-refractivity contribution in [2.75, 3.05) is 6.54 Å². The summed E-state index contributed by atoms with van der Waals surface area (Å²) in [5.41, 5.74) is 5.40. The molecular weight excluding hydrogens is 202 g/mol. The predicted octanol–water partition coefficient (Wildman–Crippen LogP) is 2.77. The van der Waals surface area contributed by atoms with E-state index in [0.29, 0.717) is 6.42 Å². The molecule has 1 fully saturated rings. The van der Waals surface area contributed by atoms with Crippen LogP contribution in [0.3, 0.4) is 0 Å². The molecule has 0 aliphatic heterocycles. The number of hydrogen-bond donors (Lipinski definition) is 1. The summed E-state index contributed by atoms with van der Waals surface area (Å²) >= 11 is 0. The van der Waals surface area contributed by atoms with Crippen molar-refractivity contribution in [1.29, 1.82) is 0 Å². The Morgan fingerprint density at radius 2 is 1.75 bits per heavy atom. The third-order valence-electron chi connectivity index (χ3n) is 3.19. The Kier molecular flexibility index (Phi) is 7.23. The first-order valence-corrected chi connectivity index (χ1v) is 6.72. The Bertz CT molecular complexity index is 186. The molecule has 0 spiro atoms. The Balaban J connectivity index is 2.07. The molecule has 2 N–H and O–H groups in total. The molecule has 0 atom stereocenters. The van der Waals surface area contributed by atoms with Crippen LogP contribution >= 0.6 is 0 Å². The molecule has 0 aromatic carbocycles. The van der Waals surface area contributed by atoms with E-state index in [1.54, 1.807) is 0 Å². The lowest BCUT2D eigenvalue weighted by Gasteiger charge is -2.15. The Morgan fingerprint density at radius 3 is 2.38 bits per heavy atom. The van der Waals surface area contributed by atoms with Gasteiger partial charge < -0.3 is 10.5 Å². The second-order valence-electron chi connectivity index (χ2n) is 4.70. The lowest BCUT2D eigenvalue weighted by atomic mass is 10.1. The highest BCUT2D eigenvalue weighted by Crippen LogP contribution is 2.20. The molecule has 0 unspecified atom stereocenters. The first-order valence-electron chi connectivity index (χ1n) is 6.72. The molecule has 16 heavy (non-hydrogen) atoms. The maximum Gasteiger partial charge on any atom is 0.306 e. The Hall–Kier alpha value is -0.570. The van der Waals surface area contributed by atoms with Crippen LogP contribution in [0.1, 0.15) is 64.2 Å². The smallest absolute Gasteiger partial charge is 0.306 e. The zero-order chi connectivity index (χ0) is 11.6. The number of rotatable bonds is 6. The van der Waals surface area contributed by atoms with Gasteiger partial charge in [0.25, 0.3) is 0 Å². The standard InChI is InChI=1S/C13H25NO2/c14-11-7-3-6-10-13(15)16-12-8-4-1-2-5-9-12/h12H,1-11,14H2. The molecule has 0 amide bonds. The molecule has 1 saturated carbocycles. The van der Waals surface area contributed by atoms with E-state index in [1.807, 2.05) is 0 Å². The molecule has 0 saturated heterocycles. The van der Waals surface area contributed by atoms with E-state index >= 15 is 0 Å². The summed E-state index contributed by atoms with van der Waals surface area (Å²) in [5, 5.41) is 0. The van der Waals surface area contributed by atoms with Crippen molar-refractivity contribution < 1.29 is 9.53 Å². The SMILES string of the molecule is NCCCCCC(=O)OC1CCCCCC1. The van der Waals surface area contributed by atoms with E-state index < -0.39 is 0 Å². The molecule has 3 heteroatoms. The van der Waals surface area contributed by atoms with Crippen molar-refractivity contribution >= 4 is 5.97 Å². The molecule has 1 rings (SSSR count). The second-order valence-corrected chi connectivity index (χ2v) is 4.70. The topological polar surface area (TPSA) is 52.3 Å². The average Bonchev–Trinajstić information content (AvgIpc) is 2.53. The highest BCUT2D eigenvalue weighted by molar-refractivity contribution is 5.69. The van der Waals surface area contributed by atoms with Crippen molar-refractivity contribution in [2.24, 2.45) is 5.73 Å². The van der Waals surface area contributed by atoms with E-state index in [4.69, 9.17) is 10.5 Å². The molecule has 1 aliphatic carbocycles. The van der Waals surface area contributed by atoms with E-state index in [9.17, 15) is 4.79 Å². The van der Waals surface area contributed by atoms with Crippen LogP contribution in [-0.2, 0) is 9.53 Å². The first kappa shape index (κ1) is 13.5. The van der Waals surface area contributed by atoms with Gasteiger partial charge in [0, 0.05) is 6.42 Å². The molecule has 94 valence electrons. The van der Waals surface area contributed by atoms with Crippen LogP contribution in [0.2, 0.25) is 0 Å². The largest absolute Gasteiger partial charge is 0.462 e. The maximum atomic E-state index is 11.5. The average molecular weight is 227 g/mol. The fourth-order valence-electron chi connectivity index (χ4n) is 2.20. The summed E-state index contributed by atoms with van der Waals surface area (Å²) in [7, 11) is 0. The Morgan fingerprint density at radius 1 is 1.06 bits per heavy atom. The molecule has 1 aliphatic rings. The van der Waals surface area contributed by atoms with Crippen LogP contribution in [0.15, 0.2) is 0 Å². The highest BCUT2D eigenvalue weighted by atomic mass is 16.5. The molecule has 0 radical (unpaired) electrons. The minimum atomic E-state index is -0.0103. The summed E-state index contributed by atoms with van der Waals surface area (Å²) in [6, 6.07) is 0. The fraction of sp³-hybridized carbons (Fsp3) is 0.923. The van der Waals surface area contributed by atoms with Crippen molar-refractivity contribution in [3.05, 3.63) is 0 Å². The van der Waals surface area contributed by atoms with Gasteiger partial charge in [-0.05, 0) is 45.1 Å². The summed E-state index contributed by atoms with van der Waals surface area (Å²) in [4.78, 5) is 11.5. The van der Waals surface area contributed by atoms with Crippen LogP contribution in [0.5, 0.6) is 0 Å². The predicted molar refractivity (Wildman–Crippen MR) is 65.1 cm³/mol.